The summed E-state index contributed by atoms with van der Waals surface area (Å²) in [5.41, 5.74) is 3.97. The molecule has 1 amide bonds. The maximum Gasteiger partial charge on any atom is 0.300 e. The molecule has 1 atom stereocenters. The number of rotatable bonds is 7. The summed E-state index contributed by atoms with van der Waals surface area (Å²) in [6.07, 6.45) is 0.0115. The summed E-state index contributed by atoms with van der Waals surface area (Å²) in [6.45, 7) is 8.09. The predicted molar refractivity (Wildman–Crippen MR) is 148 cm³/mol. The summed E-state index contributed by atoms with van der Waals surface area (Å²) in [5.74, 6) is -0.592. The maximum atomic E-state index is 13.4. The van der Waals surface area contributed by atoms with Gasteiger partial charge in [0, 0.05) is 31.0 Å². The van der Waals surface area contributed by atoms with E-state index < -0.39 is 17.7 Å². The van der Waals surface area contributed by atoms with Crippen molar-refractivity contribution in [3.63, 3.8) is 0 Å². The van der Waals surface area contributed by atoms with Gasteiger partial charge in [0.05, 0.1) is 17.7 Å². The Morgan fingerprint density at radius 3 is 1.97 bits per heavy atom. The quantitative estimate of drug-likeness (QED) is 0.236. The molecule has 192 valence electrons. The van der Waals surface area contributed by atoms with Crippen LogP contribution in [0.1, 0.15) is 56.3 Å². The third-order valence-corrected chi connectivity index (χ3v) is 6.51. The summed E-state index contributed by atoms with van der Waals surface area (Å²) in [6, 6.07) is 21.5. The topological polar surface area (TPSA) is 70.1 Å². The van der Waals surface area contributed by atoms with Gasteiger partial charge in [-0.2, -0.15) is 0 Å². The first-order valence-corrected chi connectivity index (χ1v) is 12.5. The molecule has 6 heteroatoms. The van der Waals surface area contributed by atoms with Crippen molar-refractivity contribution in [3.05, 3.63) is 95.1 Å². The zero-order valence-corrected chi connectivity index (χ0v) is 22.2. The standard InChI is InChI=1S/C31H34N2O4/c1-19(2)21-7-9-22(10-8-21)28-27(29(34)23-11-17-26(18-12-23)37-20(3)4)30(35)31(36)33(28)25-15-13-24(14-16-25)32(5)6/h7-20,28,34H,1-6H3/b29-27+. The molecule has 0 saturated carbocycles. The number of benzene rings is 3. The van der Waals surface area contributed by atoms with Crippen LogP contribution in [0.5, 0.6) is 5.75 Å². The predicted octanol–water partition coefficient (Wildman–Crippen LogP) is 6.29. The second-order valence-corrected chi connectivity index (χ2v) is 10.1. The van der Waals surface area contributed by atoms with Gasteiger partial charge in [-0.3, -0.25) is 14.5 Å². The molecular formula is C31H34N2O4. The van der Waals surface area contributed by atoms with Crippen molar-refractivity contribution in [3.8, 4) is 5.75 Å². The van der Waals surface area contributed by atoms with E-state index >= 15 is 0 Å². The number of anilines is 2. The Hall–Kier alpha value is -4.06. The van der Waals surface area contributed by atoms with Crippen molar-refractivity contribution in [1.29, 1.82) is 0 Å². The molecule has 1 aliphatic rings. The van der Waals surface area contributed by atoms with E-state index in [9.17, 15) is 14.7 Å². The molecule has 0 aliphatic carbocycles. The van der Waals surface area contributed by atoms with Crippen LogP contribution in [0, 0.1) is 0 Å². The van der Waals surface area contributed by atoms with Crippen LogP contribution in [0.2, 0.25) is 0 Å². The van der Waals surface area contributed by atoms with Crippen molar-refractivity contribution in [2.45, 2.75) is 45.8 Å². The van der Waals surface area contributed by atoms with Gasteiger partial charge in [0.15, 0.2) is 0 Å². The molecule has 0 aromatic heterocycles. The first kappa shape index (κ1) is 26.0. The summed E-state index contributed by atoms with van der Waals surface area (Å²) < 4.78 is 5.70. The SMILES string of the molecule is CC(C)Oc1ccc(/C(O)=C2\C(=O)C(=O)N(c3ccc(N(C)C)cc3)C2c2ccc(C(C)C)cc2)cc1. The second kappa shape index (κ2) is 10.5. The van der Waals surface area contributed by atoms with Gasteiger partial charge in [-0.1, -0.05) is 38.1 Å². The number of amides is 1. The van der Waals surface area contributed by atoms with Crippen LogP contribution in [0.25, 0.3) is 5.76 Å². The molecule has 1 fully saturated rings. The molecule has 6 nitrogen and oxygen atoms in total. The Morgan fingerprint density at radius 2 is 1.46 bits per heavy atom. The molecule has 1 aliphatic heterocycles. The van der Waals surface area contributed by atoms with Crippen LogP contribution < -0.4 is 14.5 Å². The minimum Gasteiger partial charge on any atom is -0.507 e. The number of aliphatic hydroxyl groups excluding tert-OH is 1. The fourth-order valence-corrected chi connectivity index (χ4v) is 4.51. The van der Waals surface area contributed by atoms with Gasteiger partial charge < -0.3 is 14.7 Å². The monoisotopic (exact) mass is 498 g/mol. The van der Waals surface area contributed by atoms with Gasteiger partial charge in [0.25, 0.3) is 11.7 Å². The summed E-state index contributed by atoms with van der Waals surface area (Å²) in [7, 11) is 3.88. The molecular weight excluding hydrogens is 464 g/mol. The zero-order valence-electron chi connectivity index (χ0n) is 22.2. The van der Waals surface area contributed by atoms with Crippen molar-refractivity contribution in [1.82, 2.24) is 0 Å². The summed E-state index contributed by atoms with van der Waals surface area (Å²) in [4.78, 5) is 30.3. The number of aliphatic hydroxyl groups is 1. The van der Waals surface area contributed by atoms with Gasteiger partial charge in [-0.05, 0) is 79.4 Å². The Bertz CT molecular complexity index is 1300. The van der Waals surface area contributed by atoms with E-state index in [1.165, 1.54) is 4.90 Å². The highest BCUT2D eigenvalue weighted by molar-refractivity contribution is 6.51. The van der Waals surface area contributed by atoms with Crippen LogP contribution in [0.3, 0.4) is 0 Å². The number of ketones is 1. The molecule has 1 N–H and O–H groups in total. The fourth-order valence-electron chi connectivity index (χ4n) is 4.51. The van der Waals surface area contributed by atoms with Crippen LogP contribution in [-0.4, -0.2) is 37.0 Å². The van der Waals surface area contributed by atoms with E-state index in [4.69, 9.17) is 4.74 Å². The lowest BCUT2D eigenvalue weighted by atomic mass is 9.93. The Morgan fingerprint density at radius 1 is 0.865 bits per heavy atom. The Labute approximate surface area is 218 Å². The Balaban J connectivity index is 1.85. The summed E-state index contributed by atoms with van der Waals surface area (Å²) in [5, 5.41) is 11.4. The smallest absolute Gasteiger partial charge is 0.300 e. The van der Waals surface area contributed by atoms with Crippen LogP contribution in [0.4, 0.5) is 11.4 Å². The maximum absolute atomic E-state index is 13.4. The highest BCUT2D eigenvalue weighted by Gasteiger charge is 2.47. The minimum absolute atomic E-state index is 0.0115. The van der Waals surface area contributed by atoms with Gasteiger partial charge in [-0.25, -0.2) is 0 Å². The molecule has 4 rings (SSSR count). The lowest BCUT2D eigenvalue weighted by Gasteiger charge is -2.26. The van der Waals surface area contributed by atoms with Gasteiger partial charge in [0.1, 0.15) is 11.5 Å². The van der Waals surface area contributed by atoms with Crippen LogP contribution in [0.15, 0.2) is 78.4 Å². The van der Waals surface area contributed by atoms with Crippen LogP contribution >= 0.6 is 0 Å². The average Bonchev–Trinajstić information content (AvgIpc) is 3.14. The first-order chi connectivity index (χ1) is 17.6. The highest BCUT2D eigenvalue weighted by Crippen LogP contribution is 2.42. The second-order valence-electron chi connectivity index (χ2n) is 10.1. The third-order valence-electron chi connectivity index (χ3n) is 6.51. The Kier molecular flexibility index (Phi) is 7.39. The van der Waals surface area contributed by atoms with E-state index in [1.807, 2.05) is 81.4 Å². The van der Waals surface area contributed by atoms with Crippen molar-refractivity contribution < 1.29 is 19.4 Å². The van der Waals surface area contributed by atoms with E-state index in [2.05, 4.69) is 13.8 Å². The average molecular weight is 499 g/mol. The largest absolute Gasteiger partial charge is 0.507 e. The molecule has 0 spiro atoms. The van der Waals surface area contributed by atoms with Gasteiger partial charge >= 0.3 is 0 Å². The number of Topliss-reactive ketones (excluding diaryl/α,β-unsaturated/α-hetero) is 1. The molecule has 37 heavy (non-hydrogen) atoms. The van der Waals surface area contributed by atoms with E-state index in [1.54, 1.807) is 24.3 Å². The molecule has 0 bridgehead atoms. The molecule has 3 aromatic carbocycles. The lowest BCUT2D eigenvalue weighted by molar-refractivity contribution is -0.132. The molecule has 3 aromatic rings. The first-order valence-electron chi connectivity index (χ1n) is 12.5. The number of nitrogens with zero attached hydrogens (tertiary/aromatic N) is 2. The van der Waals surface area contributed by atoms with Crippen molar-refractivity contribution in [2.24, 2.45) is 0 Å². The van der Waals surface area contributed by atoms with E-state index in [-0.39, 0.29) is 17.4 Å². The van der Waals surface area contributed by atoms with Crippen molar-refractivity contribution in [2.75, 3.05) is 23.9 Å². The minimum atomic E-state index is -0.766. The number of carbonyl (C=O) groups is 2. The fraction of sp³-hybridized carbons (Fsp3) is 0.290. The third kappa shape index (κ3) is 5.24. The molecule has 1 unspecified atom stereocenters. The lowest BCUT2D eigenvalue weighted by Crippen LogP contribution is -2.29. The van der Waals surface area contributed by atoms with Crippen molar-refractivity contribution >= 4 is 28.8 Å². The number of hydrogen-bond acceptors (Lipinski definition) is 5. The normalized spacial score (nSPS) is 17.1. The number of ether oxygens (including phenoxy) is 1. The van der Waals surface area contributed by atoms with E-state index in [0.29, 0.717) is 22.9 Å². The van der Waals surface area contributed by atoms with Crippen LogP contribution in [-0.2, 0) is 9.59 Å². The number of carbonyl (C=O) groups excluding carboxylic acids is 2. The molecule has 1 heterocycles. The van der Waals surface area contributed by atoms with Gasteiger partial charge in [0.2, 0.25) is 0 Å². The molecule has 0 radical (unpaired) electrons. The molecule has 1 saturated heterocycles. The number of hydrogen-bond donors (Lipinski definition) is 1. The van der Waals surface area contributed by atoms with Gasteiger partial charge in [-0.15, -0.1) is 0 Å². The highest BCUT2D eigenvalue weighted by atomic mass is 16.5. The summed E-state index contributed by atoms with van der Waals surface area (Å²) >= 11 is 0. The van der Waals surface area contributed by atoms with E-state index in [0.717, 1.165) is 16.8 Å². The zero-order chi connectivity index (χ0) is 26.9.